The zero-order chi connectivity index (χ0) is 14.4. The summed E-state index contributed by atoms with van der Waals surface area (Å²) in [6, 6.07) is 0.00620. The third-order valence-electron chi connectivity index (χ3n) is 4.30. The van der Waals surface area contributed by atoms with Crippen molar-refractivity contribution in [3.63, 3.8) is 0 Å². The second-order valence-electron chi connectivity index (χ2n) is 6.42. The third-order valence-corrected chi connectivity index (χ3v) is 5.79. The fourth-order valence-corrected chi connectivity index (χ4v) is 3.63. The highest BCUT2D eigenvalue weighted by molar-refractivity contribution is 7.92. The van der Waals surface area contributed by atoms with Gasteiger partial charge in [0.05, 0.1) is 12.1 Å². The van der Waals surface area contributed by atoms with Gasteiger partial charge in [-0.3, -0.25) is 4.79 Å². The van der Waals surface area contributed by atoms with E-state index in [1.807, 2.05) is 0 Å². The number of nitrogens with zero attached hydrogens (tertiary/aromatic N) is 1. The van der Waals surface area contributed by atoms with E-state index in [0.29, 0.717) is 6.54 Å². The highest BCUT2D eigenvalue weighted by atomic mass is 32.2. The van der Waals surface area contributed by atoms with Crippen LogP contribution in [-0.2, 0) is 19.4 Å². The van der Waals surface area contributed by atoms with Crippen LogP contribution in [0.5, 0.6) is 0 Å². The molecule has 0 bridgehead atoms. The van der Waals surface area contributed by atoms with Gasteiger partial charge in [-0.15, -0.1) is 0 Å². The lowest BCUT2D eigenvalue weighted by atomic mass is 9.71. The maximum absolute atomic E-state index is 12.3. The molecule has 0 aliphatic carbocycles. The molecule has 110 valence electrons. The van der Waals surface area contributed by atoms with E-state index in [-0.39, 0.29) is 23.5 Å². The molecule has 2 aliphatic rings. The normalized spacial score (nSPS) is 31.9. The molecule has 0 spiro atoms. The van der Waals surface area contributed by atoms with Crippen LogP contribution in [0.3, 0.4) is 0 Å². The van der Waals surface area contributed by atoms with Crippen LogP contribution in [0.1, 0.15) is 33.6 Å². The van der Waals surface area contributed by atoms with Gasteiger partial charge in [-0.05, 0) is 19.8 Å². The van der Waals surface area contributed by atoms with Crippen molar-refractivity contribution in [3.05, 3.63) is 0 Å². The SMILES string of the molecule is CC(C(=O)N1CC(C)(C)C1C1CCCO1)S(C)(=O)=O. The topological polar surface area (TPSA) is 63.7 Å². The maximum Gasteiger partial charge on any atom is 0.240 e. The predicted octanol–water partition coefficient (Wildman–Crippen LogP) is 0.835. The Bertz CT molecular complexity index is 465. The Hall–Kier alpha value is -0.620. The minimum Gasteiger partial charge on any atom is -0.376 e. The van der Waals surface area contributed by atoms with Gasteiger partial charge in [0.15, 0.2) is 9.84 Å². The number of hydrogen-bond acceptors (Lipinski definition) is 4. The van der Waals surface area contributed by atoms with Crippen LogP contribution in [-0.4, -0.2) is 56.0 Å². The molecule has 0 aromatic heterocycles. The van der Waals surface area contributed by atoms with Gasteiger partial charge >= 0.3 is 0 Å². The third kappa shape index (κ3) is 2.65. The van der Waals surface area contributed by atoms with Gasteiger partial charge in [-0.25, -0.2) is 8.42 Å². The summed E-state index contributed by atoms with van der Waals surface area (Å²) < 4.78 is 28.8. The van der Waals surface area contributed by atoms with E-state index in [4.69, 9.17) is 4.74 Å². The maximum atomic E-state index is 12.3. The Kier molecular flexibility index (Phi) is 3.68. The number of sulfone groups is 1. The zero-order valence-corrected chi connectivity index (χ0v) is 12.9. The summed E-state index contributed by atoms with van der Waals surface area (Å²) >= 11 is 0. The number of ether oxygens (including phenoxy) is 1. The second-order valence-corrected chi connectivity index (χ2v) is 8.79. The largest absolute Gasteiger partial charge is 0.376 e. The lowest BCUT2D eigenvalue weighted by Gasteiger charge is -2.56. The number of amides is 1. The molecule has 3 atom stereocenters. The molecule has 6 heteroatoms. The van der Waals surface area contributed by atoms with Crippen LogP contribution in [0.25, 0.3) is 0 Å². The first-order valence-electron chi connectivity index (χ1n) is 6.75. The van der Waals surface area contributed by atoms with Gasteiger partial charge in [0, 0.05) is 24.8 Å². The van der Waals surface area contributed by atoms with Crippen molar-refractivity contribution in [2.24, 2.45) is 5.41 Å². The molecule has 1 amide bonds. The molecule has 0 aromatic rings. The fourth-order valence-electron chi connectivity index (χ4n) is 3.13. The van der Waals surface area contributed by atoms with Crippen molar-refractivity contribution in [3.8, 4) is 0 Å². The van der Waals surface area contributed by atoms with E-state index in [1.54, 1.807) is 4.90 Å². The number of hydrogen-bond donors (Lipinski definition) is 0. The first-order chi connectivity index (χ1) is 8.64. The summed E-state index contributed by atoms with van der Waals surface area (Å²) in [6.45, 7) is 7.02. The standard InChI is InChI=1S/C13H23NO4S/c1-9(19(4,16)17)12(15)14-8-13(2,3)11(14)10-6-5-7-18-10/h9-11H,5-8H2,1-4H3. The highest BCUT2D eigenvalue weighted by Gasteiger charge is 2.54. The number of likely N-dealkylation sites (tertiary alicyclic amines) is 1. The molecule has 19 heavy (non-hydrogen) atoms. The number of carbonyl (C=O) groups excluding carboxylic acids is 1. The lowest BCUT2D eigenvalue weighted by molar-refractivity contribution is -0.163. The van der Waals surface area contributed by atoms with Gasteiger partial charge in [-0.2, -0.15) is 0 Å². The number of carbonyl (C=O) groups is 1. The Morgan fingerprint density at radius 2 is 2.05 bits per heavy atom. The van der Waals surface area contributed by atoms with Crippen LogP contribution < -0.4 is 0 Å². The molecule has 5 nitrogen and oxygen atoms in total. The van der Waals surface area contributed by atoms with Gasteiger partial charge in [0.25, 0.3) is 0 Å². The smallest absolute Gasteiger partial charge is 0.240 e. The average Bonchev–Trinajstić information content (AvgIpc) is 2.76. The van der Waals surface area contributed by atoms with Crippen LogP contribution >= 0.6 is 0 Å². The van der Waals surface area contributed by atoms with Crippen LogP contribution in [0.2, 0.25) is 0 Å². The Morgan fingerprint density at radius 1 is 1.42 bits per heavy atom. The van der Waals surface area contributed by atoms with Crippen molar-refractivity contribution >= 4 is 15.7 Å². The zero-order valence-electron chi connectivity index (χ0n) is 12.0. The Labute approximate surface area is 115 Å². The molecule has 2 saturated heterocycles. The van der Waals surface area contributed by atoms with E-state index < -0.39 is 15.1 Å². The van der Waals surface area contributed by atoms with E-state index in [0.717, 1.165) is 25.7 Å². The van der Waals surface area contributed by atoms with Gasteiger partial charge in [-0.1, -0.05) is 13.8 Å². The summed E-state index contributed by atoms with van der Waals surface area (Å²) in [4.78, 5) is 14.0. The predicted molar refractivity (Wildman–Crippen MR) is 72.6 cm³/mol. The Balaban J connectivity index is 2.14. The van der Waals surface area contributed by atoms with E-state index >= 15 is 0 Å². The molecule has 2 rings (SSSR count). The van der Waals surface area contributed by atoms with Crippen molar-refractivity contribution in [2.75, 3.05) is 19.4 Å². The van der Waals surface area contributed by atoms with Gasteiger partial charge in [0.2, 0.25) is 5.91 Å². The van der Waals surface area contributed by atoms with E-state index in [9.17, 15) is 13.2 Å². The lowest BCUT2D eigenvalue weighted by Crippen LogP contribution is -2.69. The molecule has 0 radical (unpaired) electrons. The van der Waals surface area contributed by atoms with Gasteiger partial charge < -0.3 is 9.64 Å². The molecule has 0 aromatic carbocycles. The number of rotatable bonds is 3. The van der Waals surface area contributed by atoms with Gasteiger partial charge in [0.1, 0.15) is 5.25 Å². The monoisotopic (exact) mass is 289 g/mol. The highest BCUT2D eigenvalue weighted by Crippen LogP contribution is 2.42. The van der Waals surface area contributed by atoms with E-state index in [1.165, 1.54) is 6.92 Å². The molecule has 0 N–H and O–H groups in total. The molecular formula is C13H23NO4S. The molecule has 2 heterocycles. The van der Waals surface area contributed by atoms with Crippen molar-refractivity contribution in [2.45, 2.75) is 51.0 Å². The molecule has 2 aliphatic heterocycles. The quantitative estimate of drug-likeness (QED) is 0.772. The minimum atomic E-state index is -3.34. The summed E-state index contributed by atoms with van der Waals surface area (Å²) in [5.41, 5.74) is 0.00188. The molecular weight excluding hydrogens is 266 g/mol. The van der Waals surface area contributed by atoms with Crippen LogP contribution in [0.4, 0.5) is 0 Å². The molecule has 3 unspecified atom stereocenters. The van der Waals surface area contributed by atoms with Crippen molar-refractivity contribution in [1.82, 2.24) is 4.90 Å². The summed E-state index contributed by atoms with van der Waals surface area (Å²) in [7, 11) is -3.34. The molecule has 0 saturated carbocycles. The van der Waals surface area contributed by atoms with Crippen LogP contribution in [0, 0.1) is 5.41 Å². The first-order valence-corrected chi connectivity index (χ1v) is 8.71. The summed E-state index contributed by atoms with van der Waals surface area (Å²) in [5, 5.41) is -0.965. The minimum absolute atomic E-state index is 0.00188. The summed E-state index contributed by atoms with van der Waals surface area (Å²) in [5.74, 6) is -0.290. The second kappa shape index (κ2) is 4.74. The van der Waals surface area contributed by atoms with Crippen molar-refractivity contribution in [1.29, 1.82) is 0 Å². The fraction of sp³-hybridized carbons (Fsp3) is 0.923. The van der Waals surface area contributed by atoms with E-state index in [2.05, 4.69) is 13.8 Å². The summed E-state index contributed by atoms with van der Waals surface area (Å²) in [6.07, 6.45) is 3.13. The Morgan fingerprint density at radius 3 is 2.47 bits per heavy atom. The van der Waals surface area contributed by atoms with Crippen molar-refractivity contribution < 1.29 is 17.9 Å². The first kappa shape index (κ1) is 14.8. The van der Waals surface area contributed by atoms with Crippen LogP contribution in [0.15, 0.2) is 0 Å². The molecule has 2 fully saturated rings. The average molecular weight is 289 g/mol.